The molecule has 0 radical (unpaired) electrons. The topological polar surface area (TPSA) is 61.8 Å². The summed E-state index contributed by atoms with van der Waals surface area (Å²) < 4.78 is 17.5. The van der Waals surface area contributed by atoms with E-state index in [0.717, 1.165) is 40.8 Å². The number of ether oxygens (including phenoxy) is 3. The number of rotatable bonds is 7. The first-order valence-electron chi connectivity index (χ1n) is 12.4. The molecule has 0 spiro atoms. The van der Waals surface area contributed by atoms with E-state index in [9.17, 15) is 9.59 Å². The molecule has 0 N–H and O–H groups in total. The second-order valence-corrected chi connectivity index (χ2v) is 9.13. The minimum atomic E-state index is -0.576. The molecule has 1 aliphatic heterocycles. The average Bonchev–Trinajstić information content (AvgIpc) is 2.95. The smallest absolute Gasteiger partial charge is 0.339 e. The quantitative estimate of drug-likeness (QED) is 0.266. The van der Waals surface area contributed by atoms with Gasteiger partial charge in [0.15, 0.2) is 0 Å². The van der Waals surface area contributed by atoms with E-state index in [4.69, 9.17) is 14.2 Å². The molecule has 4 aromatic rings. The lowest BCUT2D eigenvalue weighted by molar-refractivity contribution is 0.0424. The predicted molar refractivity (Wildman–Crippen MR) is 140 cm³/mol. The van der Waals surface area contributed by atoms with Crippen LogP contribution in [-0.4, -0.2) is 11.9 Å². The molecule has 1 atom stereocenters. The molecule has 0 aromatic heterocycles. The first-order valence-corrected chi connectivity index (χ1v) is 12.4. The Balaban J connectivity index is 1.43. The Bertz CT molecular complexity index is 1400. The van der Waals surface area contributed by atoms with E-state index in [1.165, 1.54) is 5.56 Å². The van der Waals surface area contributed by atoms with Crippen LogP contribution in [0.25, 0.3) is 0 Å². The predicted octanol–water partition coefficient (Wildman–Crippen LogP) is 6.78. The monoisotopic (exact) mass is 492 g/mol. The highest BCUT2D eigenvalue weighted by Crippen LogP contribution is 2.37. The summed E-state index contributed by atoms with van der Waals surface area (Å²) in [5, 5.41) is 0. The number of esters is 2. The molecule has 0 fully saturated rings. The van der Waals surface area contributed by atoms with Crippen LogP contribution in [-0.2, 0) is 29.1 Å². The molecule has 0 amide bonds. The number of benzene rings is 4. The highest BCUT2D eigenvalue weighted by atomic mass is 16.5. The standard InChI is InChI=1S/C32H28O5/c1-22-18-27(31(33)35-20-23-10-4-2-5-11-23)28(32(34)36-21-24-12-6-3-7-13-24)19-26(22)30-17-16-25-14-8-9-15-29(25)37-30/h2-15,18-19,30H,16-17,20-21H2,1H3. The van der Waals surface area contributed by atoms with Gasteiger partial charge in [-0.05, 0) is 65.8 Å². The lowest BCUT2D eigenvalue weighted by atomic mass is 9.91. The molecule has 1 unspecified atom stereocenters. The first kappa shape index (κ1) is 24.3. The van der Waals surface area contributed by atoms with Crippen LogP contribution < -0.4 is 4.74 Å². The Hall–Kier alpha value is -4.38. The van der Waals surface area contributed by atoms with Gasteiger partial charge in [-0.1, -0.05) is 78.9 Å². The summed E-state index contributed by atoms with van der Waals surface area (Å²) >= 11 is 0. The van der Waals surface area contributed by atoms with Gasteiger partial charge >= 0.3 is 11.9 Å². The molecule has 5 nitrogen and oxygen atoms in total. The zero-order chi connectivity index (χ0) is 25.6. The maximum absolute atomic E-state index is 13.3. The summed E-state index contributed by atoms with van der Waals surface area (Å²) in [5.74, 6) is -0.300. The zero-order valence-corrected chi connectivity index (χ0v) is 20.7. The van der Waals surface area contributed by atoms with Crippen LogP contribution in [0, 0.1) is 6.92 Å². The second-order valence-electron chi connectivity index (χ2n) is 9.13. The Morgan fingerprint density at radius 2 is 1.30 bits per heavy atom. The highest BCUT2D eigenvalue weighted by Gasteiger charge is 2.27. The maximum atomic E-state index is 13.3. The summed E-state index contributed by atoms with van der Waals surface area (Å²) in [6.07, 6.45) is 1.41. The Labute approximate surface area is 216 Å². The van der Waals surface area contributed by atoms with Crippen molar-refractivity contribution in [2.24, 2.45) is 0 Å². The fraction of sp³-hybridized carbons (Fsp3) is 0.188. The summed E-state index contributed by atoms with van der Waals surface area (Å²) in [6, 6.07) is 30.3. The third-order valence-corrected chi connectivity index (χ3v) is 6.54. The van der Waals surface area contributed by atoms with Gasteiger partial charge in [-0.15, -0.1) is 0 Å². The average molecular weight is 493 g/mol. The van der Waals surface area contributed by atoms with E-state index in [0.29, 0.717) is 0 Å². The highest BCUT2D eigenvalue weighted by molar-refractivity contribution is 6.03. The minimum absolute atomic E-state index is 0.106. The SMILES string of the molecule is Cc1cc(C(=O)OCc2ccccc2)c(C(=O)OCc2ccccc2)cc1C1CCc2ccccc2O1. The van der Waals surface area contributed by atoms with Crippen molar-refractivity contribution in [1.82, 2.24) is 0 Å². The van der Waals surface area contributed by atoms with Gasteiger partial charge in [-0.25, -0.2) is 9.59 Å². The van der Waals surface area contributed by atoms with Gasteiger partial charge in [0.25, 0.3) is 0 Å². The number of fused-ring (bicyclic) bond motifs is 1. The van der Waals surface area contributed by atoms with Crippen molar-refractivity contribution in [1.29, 1.82) is 0 Å². The summed E-state index contributed by atoms with van der Waals surface area (Å²) in [6.45, 7) is 2.14. The van der Waals surface area contributed by atoms with E-state index in [2.05, 4.69) is 6.07 Å². The summed E-state index contributed by atoms with van der Waals surface area (Å²) in [4.78, 5) is 26.5. The van der Waals surface area contributed by atoms with Crippen molar-refractivity contribution in [2.75, 3.05) is 0 Å². The molecule has 4 aromatic carbocycles. The van der Waals surface area contributed by atoms with Gasteiger partial charge in [0.2, 0.25) is 0 Å². The van der Waals surface area contributed by atoms with E-state index in [1.54, 1.807) is 12.1 Å². The lowest BCUT2D eigenvalue weighted by Crippen LogP contribution is -2.19. The molecule has 1 heterocycles. The van der Waals surface area contributed by atoms with Gasteiger partial charge < -0.3 is 14.2 Å². The number of hydrogen-bond donors (Lipinski definition) is 0. The van der Waals surface area contributed by atoms with Crippen LogP contribution in [0.15, 0.2) is 97.1 Å². The largest absolute Gasteiger partial charge is 0.485 e. The Morgan fingerprint density at radius 1 is 0.757 bits per heavy atom. The maximum Gasteiger partial charge on any atom is 0.339 e. The minimum Gasteiger partial charge on any atom is -0.485 e. The second kappa shape index (κ2) is 11.1. The van der Waals surface area contributed by atoms with Crippen LogP contribution in [0.3, 0.4) is 0 Å². The van der Waals surface area contributed by atoms with Gasteiger partial charge in [-0.2, -0.15) is 0 Å². The Morgan fingerprint density at radius 3 is 1.92 bits per heavy atom. The molecule has 0 bridgehead atoms. The van der Waals surface area contributed by atoms with Gasteiger partial charge in [0.1, 0.15) is 25.1 Å². The zero-order valence-electron chi connectivity index (χ0n) is 20.7. The number of aryl methyl sites for hydroxylation is 2. The molecule has 37 heavy (non-hydrogen) atoms. The first-order chi connectivity index (χ1) is 18.1. The number of para-hydroxylation sites is 1. The van der Waals surface area contributed by atoms with E-state index >= 15 is 0 Å². The lowest BCUT2D eigenvalue weighted by Gasteiger charge is -2.28. The molecule has 0 aliphatic carbocycles. The van der Waals surface area contributed by atoms with Crippen LogP contribution in [0.4, 0.5) is 0 Å². The van der Waals surface area contributed by atoms with Crippen LogP contribution in [0.5, 0.6) is 5.75 Å². The Kier molecular flexibility index (Phi) is 7.31. The number of hydrogen-bond acceptors (Lipinski definition) is 5. The molecular weight excluding hydrogens is 464 g/mol. The summed E-state index contributed by atoms with van der Waals surface area (Å²) in [7, 11) is 0. The van der Waals surface area contributed by atoms with Gasteiger partial charge in [-0.3, -0.25) is 0 Å². The van der Waals surface area contributed by atoms with Crippen LogP contribution >= 0.6 is 0 Å². The fourth-order valence-corrected chi connectivity index (χ4v) is 4.55. The summed E-state index contributed by atoms with van der Waals surface area (Å²) in [5.41, 5.74) is 4.98. The molecule has 186 valence electrons. The normalized spacial score (nSPS) is 14.2. The molecule has 1 aliphatic rings. The fourth-order valence-electron chi connectivity index (χ4n) is 4.55. The van der Waals surface area contributed by atoms with Crippen molar-refractivity contribution in [2.45, 2.75) is 39.1 Å². The molecule has 0 saturated heterocycles. The number of carbonyl (C=O) groups excluding carboxylic acids is 2. The molecule has 5 heteroatoms. The van der Waals surface area contributed by atoms with Crippen LogP contribution in [0.1, 0.15) is 61.1 Å². The van der Waals surface area contributed by atoms with Gasteiger partial charge in [0.05, 0.1) is 11.1 Å². The third-order valence-electron chi connectivity index (χ3n) is 6.54. The molecule has 5 rings (SSSR count). The third kappa shape index (κ3) is 5.72. The van der Waals surface area contributed by atoms with Gasteiger partial charge in [0, 0.05) is 0 Å². The van der Waals surface area contributed by atoms with E-state index < -0.39 is 11.9 Å². The van der Waals surface area contributed by atoms with E-state index in [1.807, 2.05) is 85.8 Å². The van der Waals surface area contributed by atoms with Crippen molar-refractivity contribution in [3.8, 4) is 5.75 Å². The van der Waals surface area contributed by atoms with Crippen molar-refractivity contribution >= 4 is 11.9 Å². The van der Waals surface area contributed by atoms with E-state index in [-0.39, 0.29) is 30.4 Å². The van der Waals surface area contributed by atoms with Crippen molar-refractivity contribution in [3.63, 3.8) is 0 Å². The van der Waals surface area contributed by atoms with Crippen LogP contribution in [0.2, 0.25) is 0 Å². The van der Waals surface area contributed by atoms with Crippen molar-refractivity contribution < 1.29 is 23.8 Å². The van der Waals surface area contributed by atoms with Crippen molar-refractivity contribution in [3.05, 3.63) is 136 Å². The number of carbonyl (C=O) groups is 2. The molecule has 0 saturated carbocycles. The molecular formula is C32H28O5.